The molecule has 1 aliphatic heterocycles. The van der Waals surface area contributed by atoms with Gasteiger partial charge < -0.3 is 21.1 Å². The Balaban J connectivity index is 1.56. The number of urea groups is 1. The molecule has 3 aromatic rings. The SMILES string of the molecule is O=C1NC(=O)/C(=C/c2cnn3c(NC4CC4)cc(Nc4ccc(O)cc4)nc23)N1. The normalized spacial score (nSPS) is 17.4. The number of amides is 3. The van der Waals surface area contributed by atoms with Crippen LogP contribution in [0.5, 0.6) is 5.75 Å². The summed E-state index contributed by atoms with van der Waals surface area (Å²) in [5, 5.41) is 25.1. The molecule has 29 heavy (non-hydrogen) atoms. The van der Waals surface area contributed by atoms with Crippen LogP contribution in [0.4, 0.5) is 22.1 Å². The highest BCUT2D eigenvalue weighted by molar-refractivity contribution is 6.14. The van der Waals surface area contributed by atoms with Gasteiger partial charge in [-0.3, -0.25) is 10.1 Å². The summed E-state index contributed by atoms with van der Waals surface area (Å²) < 4.78 is 1.67. The minimum absolute atomic E-state index is 0.139. The number of fused-ring (bicyclic) bond motifs is 1. The Morgan fingerprint density at radius 2 is 1.97 bits per heavy atom. The summed E-state index contributed by atoms with van der Waals surface area (Å²) in [5.74, 6) is 1.02. The van der Waals surface area contributed by atoms with E-state index in [1.807, 2.05) is 6.07 Å². The highest BCUT2D eigenvalue weighted by Gasteiger charge is 2.25. The molecule has 2 aromatic heterocycles. The largest absolute Gasteiger partial charge is 0.508 e. The number of imide groups is 1. The molecule has 10 nitrogen and oxygen atoms in total. The number of hydrogen-bond donors (Lipinski definition) is 5. The predicted molar refractivity (Wildman–Crippen MR) is 106 cm³/mol. The number of rotatable bonds is 5. The van der Waals surface area contributed by atoms with Crippen LogP contribution in [-0.4, -0.2) is 37.7 Å². The van der Waals surface area contributed by atoms with Crippen LogP contribution >= 0.6 is 0 Å². The molecule has 0 unspecified atom stereocenters. The number of anilines is 3. The molecular formula is C19H17N7O3. The van der Waals surface area contributed by atoms with Crippen molar-refractivity contribution in [2.45, 2.75) is 18.9 Å². The van der Waals surface area contributed by atoms with Crippen molar-refractivity contribution >= 4 is 41.0 Å². The van der Waals surface area contributed by atoms with Gasteiger partial charge in [0.05, 0.1) is 6.20 Å². The zero-order valence-corrected chi connectivity index (χ0v) is 15.1. The molecule has 1 aromatic carbocycles. The van der Waals surface area contributed by atoms with E-state index in [1.165, 1.54) is 0 Å². The van der Waals surface area contributed by atoms with E-state index < -0.39 is 11.9 Å². The van der Waals surface area contributed by atoms with Crippen molar-refractivity contribution in [3.05, 3.63) is 47.8 Å². The Kier molecular flexibility index (Phi) is 3.83. The average molecular weight is 391 g/mol. The molecule has 3 amide bonds. The minimum Gasteiger partial charge on any atom is -0.508 e. The van der Waals surface area contributed by atoms with E-state index in [9.17, 15) is 14.7 Å². The first-order valence-corrected chi connectivity index (χ1v) is 9.10. The maximum absolute atomic E-state index is 11.8. The van der Waals surface area contributed by atoms with Crippen LogP contribution in [0.15, 0.2) is 42.2 Å². The second-order valence-electron chi connectivity index (χ2n) is 6.92. The van der Waals surface area contributed by atoms with E-state index in [2.05, 4.69) is 31.3 Å². The third-order valence-corrected chi connectivity index (χ3v) is 4.59. The molecule has 146 valence electrons. The number of nitrogens with one attached hydrogen (secondary N) is 4. The zero-order valence-electron chi connectivity index (χ0n) is 15.1. The fourth-order valence-electron chi connectivity index (χ4n) is 3.02. The van der Waals surface area contributed by atoms with Crippen molar-refractivity contribution in [1.29, 1.82) is 0 Å². The molecule has 2 aliphatic rings. The highest BCUT2D eigenvalue weighted by Crippen LogP contribution is 2.28. The van der Waals surface area contributed by atoms with Gasteiger partial charge in [-0.25, -0.2) is 9.78 Å². The van der Waals surface area contributed by atoms with Crippen LogP contribution in [0.1, 0.15) is 18.4 Å². The minimum atomic E-state index is -0.559. The summed E-state index contributed by atoms with van der Waals surface area (Å²) in [6.07, 6.45) is 5.32. The van der Waals surface area contributed by atoms with Crippen molar-refractivity contribution in [3.63, 3.8) is 0 Å². The lowest BCUT2D eigenvalue weighted by atomic mass is 10.2. The maximum Gasteiger partial charge on any atom is 0.326 e. The number of hydrogen-bond acceptors (Lipinski definition) is 7. The molecule has 1 saturated carbocycles. The molecule has 1 aliphatic carbocycles. The van der Waals surface area contributed by atoms with Crippen LogP contribution < -0.4 is 21.3 Å². The summed E-state index contributed by atoms with van der Waals surface area (Å²) in [5.41, 5.74) is 2.02. The van der Waals surface area contributed by atoms with Gasteiger partial charge in [-0.2, -0.15) is 9.61 Å². The van der Waals surface area contributed by atoms with Gasteiger partial charge in [-0.15, -0.1) is 0 Å². The monoisotopic (exact) mass is 391 g/mol. The lowest BCUT2D eigenvalue weighted by Crippen LogP contribution is -2.22. The first-order chi connectivity index (χ1) is 14.0. The van der Waals surface area contributed by atoms with E-state index in [0.717, 1.165) is 24.3 Å². The third-order valence-electron chi connectivity index (χ3n) is 4.59. The van der Waals surface area contributed by atoms with Crippen molar-refractivity contribution in [2.75, 3.05) is 10.6 Å². The number of nitrogens with zero attached hydrogens (tertiary/aromatic N) is 3. The number of phenolic OH excluding ortho intramolecular Hbond substituents is 1. The van der Waals surface area contributed by atoms with Gasteiger partial charge in [-0.1, -0.05) is 0 Å². The molecule has 0 bridgehead atoms. The van der Waals surface area contributed by atoms with Gasteiger partial charge in [0.1, 0.15) is 23.1 Å². The Morgan fingerprint density at radius 1 is 1.17 bits per heavy atom. The van der Waals surface area contributed by atoms with Gasteiger partial charge in [0, 0.05) is 23.4 Å². The quantitative estimate of drug-likeness (QED) is 0.255. The van der Waals surface area contributed by atoms with E-state index in [0.29, 0.717) is 23.1 Å². The summed E-state index contributed by atoms with van der Waals surface area (Å²) in [4.78, 5) is 27.8. The highest BCUT2D eigenvalue weighted by atomic mass is 16.3. The van der Waals surface area contributed by atoms with Crippen molar-refractivity contribution in [1.82, 2.24) is 25.2 Å². The Hall–Kier alpha value is -4.08. The topological polar surface area (TPSA) is 133 Å². The van der Waals surface area contributed by atoms with Gasteiger partial charge in [-0.05, 0) is 43.2 Å². The summed E-state index contributed by atoms with van der Waals surface area (Å²) in [6, 6.07) is 8.34. The Morgan fingerprint density at radius 3 is 2.66 bits per heavy atom. The third kappa shape index (κ3) is 3.43. The smallest absolute Gasteiger partial charge is 0.326 e. The number of aromatic nitrogens is 3. The summed E-state index contributed by atoms with van der Waals surface area (Å²) >= 11 is 0. The van der Waals surface area contributed by atoms with Crippen molar-refractivity contribution in [2.24, 2.45) is 0 Å². The molecular weight excluding hydrogens is 374 g/mol. The van der Waals surface area contributed by atoms with Crippen molar-refractivity contribution < 1.29 is 14.7 Å². The molecule has 0 spiro atoms. The summed E-state index contributed by atoms with van der Waals surface area (Å²) in [7, 11) is 0. The Labute approximate surface area is 164 Å². The molecule has 1 saturated heterocycles. The van der Waals surface area contributed by atoms with Crippen LogP contribution in [0.3, 0.4) is 0 Å². The van der Waals surface area contributed by atoms with E-state index >= 15 is 0 Å². The molecule has 3 heterocycles. The van der Waals surface area contributed by atoms with Crippen LogP contribution in [0, 0.1) is 0 Å². The lowest BCUT2D eigenvalue weighted by Gasteiger charge is -2.11. The van der Waals surface area contributed by atoms with Crippen LogP contribution in [0.2, 0.25) is 0 Å². The van der Waals surface area contributed by atoms with E-state index in [-0.39, 0.29) is 11.4 Å². The molecule has 5 rings (SSSR count). The van der Waals surface area contributed by atoms with Gasteiger partial charge in [0.2, 0.25) is 0 Å². The molecule has 10 heteroatoms. The number of benzene rings is 1. The zero-order chi connectivity index (χ0) is 20.0. The molecule has 0 atom stereocenters. The first-order valence-electron chi connectivity index (χ1n) is 9.10. The van der Waals surface area contributed by atoms with Crippen LogP contribution in [-0.2, 0) is 4.79 Å². The van der Waals surface area contributed by atoms with Gasteiger partial charge in [0.25, 0.3) is 5.91 Å². The predicted octanol–water partition coefficient (Wildman–Crippen LogP) is 1.93. The van der Waals surface area contributed by atoms with Crippen LogP contribution in [0.25, 0.3) is 11.7 Å². The molecule has 5 N–H and O–H groups in total. The van der Waals surface area contributed by atoms with Gasteiger partial charge >= 0.3 is 6.03 Å². The van der Waals surface area contributed by atoms with E-state index in [1.54, 1.807) is 41.1 Å². The number of carbonyl (C=O) groups excluding carboxylic acids is 2. The number of aromatic hydroxyl groups is 1. The van der Waals surface area contributed by atoms with E-state index in [4.69, 9.17) is 0 Å². The Bertz CT molecular complexity index is 1160. The molecule has 2 fully saturated rings. The van der Waals surface area contributed by atoms with Crippen molar-refractivity contribution in [3.8, 4) is 5.75 Å². The standard InChI is InChI=1S/C19H17N7O3/c27-13-5-3-11(4-6-13)21-15-8-16(22-12-1-2-12)26-17(24-15)10(9-20-26)7-14-18(28)25-19(29)23-14/h3-9,12,22,27H,1-2H2,(H,21,24)(H2,23,25,28,29)/b14-7-. The maximum atomic E-state index is 11.8. The second-order valence-corrected chi connectivity index (χ2v) is 6.92. The second kappa shape index (κ2) is 6.51. The fourth-order valence-corrected chi connectivity index (χ4v) is 3.02. The lowest BCUT2D eigenvalue weighted by molar-refractivity contribution is -0.115. The first kappa shape index (κ1) is 17.0. The van der Waals surface area contributed by atoms with Gasteiger partial charge in [0.15, 0.2) is 5.65 Å². The fraction of sp³-hybridized carbons (Fsp3) is 0.158. The number of phenols is 1. The molecule has 0 radical (unpaired) electrons. The summed E-state index contributed by atoms with van der Waals surface area (Å²) in [6.45, 7) is 0. The number of carbonyl (C=O) groups is 2. The average Bonchev–Trinajstić information content (AvgIpc) is 3.33.